The molecular formula is C28H30F4N2O5. The van der Waals surface area contributed by atoms with Crippen LogP contribution >= 0.6 is 0 Å². The maximum atomic E-state index is 14.3. The first-order valence-electron chi connectivity index (χ1n) is 12.5. The van der Waals surface area contributed by atoms with Crippen LogP contribution < -0.4 is 4.74 Å². The Morgan fingerprint density at radius 3 is 2.51 bits per heavy atom. The van der Waals surface area contributed by atoms with Crippen molar-refractivity contribution >= 4 is 17.4 Å². The lowest BCUT2D eigenvalue weighted by Crippen LogP contribution is -2.35. The standard InChI is InChI=1S/C28H30F4N2O5/c1-15-8-17(10-19(9-15)28(30,31)32)25-16(2)33(26(35)39-25)14-18-13-27(3,4)7-6-20(18)21-11-23(34(36)37)22(29)12-24(21)38-5/h8-12,16,25H,6-7,13-14H2,1-5H3/t16-,25-/m0/s1. The zero-order valence-corrected chi connectivity index (χ0v) is 22.3. The van der Waals surface area contributed by atoms with Crippen molar-refractivity contribution < 1.29 is 36.8 Å². The Morgan fingerprint density at radius 1 is 1.21 bits per heavy atom. The van der Waals surface area contributed by atoms with Crippen molar-refractivity contribution in [2.24, 2.45) is 5.41 Å². The van der Waals surface area contributed by atoms with Crippen molar-refractivity contribution in [1.29, 1.82) is 0 Å². The van der Waals surface area contributed by atoms with E-state index in [1.165, 1.54) is 12.0 Å². The van der Waals surface area contributed by atoms with E-state index in [2.05, 4.69) is 13.8 Å². The fourth-order valence-corrected chi connectivity index (χ4v) is 5.48. The minimum atomic E-state index is -4.55. The van der Waals surface area contributed by atoms with E-state index in [0.29, 0.717) is 29.5 Å². The number of allylic oxidation sites excluding steroid dienone is 1. The van der Waals surface area contributed by atoms with Crippen molar-refractivity contribution in [2.45, 2.75) is 65.3 Å². The number of carbonyl (C=O) groups is 1. The third kappa shape index (κ3) is 5.72. The summed E-state index contributed by atoms with van der Waals surface area (Å²) in [4.78, 5) is 25.1. The SMILES string of the molecule is COc1cc(F)c([N+](=O)[O-])cc1C1=C(CN2C(=O)O[C@H](c3cc(C)cc(C(F)(F)F)c3)[C@@H]2C)CC(C)(C)CC1. The molecule has 1 fully saturated rings. The largest absolute Gasteiger partial charge is 0.496 e. The summed E-state index contributed by atoms with van der Waals surface area (Å²) in [6.45, 7) is 7.49. The van der Waals surface area contributed by atoms with Gasteiger partial charge < -0.3 is 9.47 Å². The molecule has 1 amide bonds. The van der Waals surface area contributed by atoms with Crippen molar-refractivity contribution in [2.75, 3.05) is 13.7 Å². The van der Waals surface area contributed by atoms with E-state index >= 15 is 0 Å². The van der Waals surface area contributed by atoms with Gasteiger partial charge in [-0.25, -0.2) is 4.79 Å². The molecule has 0 saturated carbocycles. The maximum Gasteiger partial charge on any atom is 0.416 e. The predicted molar refractivity (Wildman–Crippen MR) is 136 cm³/mol. The van der Waals surface area contributed by atoms with Gasteiger partial charge in [0.25, 0.3) is 0 Å². The first-order valence-corrected chi connectivity index (χ1v) is 12.5. The van der Waals surface area contributed by atoms with Gasteiger partial charge in [0.1, 0.15) is 11.9 Å². The summed E-state index contributed by atoms with van der Waals surface area (Å²) in [7, 11) is 1.35. The van der Waals surface area contributed by atoms with Crippen molar-refractivity contribution in [3.8, 4) is 5.75 Å². The summed E-state index contributed by atoms with van der Waals surface area (Å²) in [5.41, 5.74) is 0.886. The number of halogens is 4. The van der Waals surface area contributed by atoms with Gasteiger partial charge in [0.2, 0.25) is 5.82 Å². The molecule has 2 aromatic carbocycles. The van der Waals surface area contributed by atoms with E-state index in [1.54, 1.807) is 19.9 Å². The summed E-state index contributed by atoms with van der Waals surface area (Å²) in [6.07, 6.45) is -4.34. The second kappa shape index (κ2) is 10.2. The topological polar surface area (TPSA) is 81.9 Å². The Hall–Kier alpha value is -3.63. The summed E-state index contributed by atoms with van der Waals surface area (Å²) in [6, 6.07) is 5.16. The normalized spacial score (nSPS) is 21.3. The highest BCUT2D eigenvalue weighted by Crippen LogP contribution is 2.47. The first kappa shape index (κ1) is 28.4. The van der Waals surface area contributed by atoms with Crippen LogP contribution in [0.1, 0.15) is 68.4 Å². The van der Waals surface area contributed by atoms with Crippen LogP contribution in [0.25, 0.3) is 5.57 Å². The molecule has 0 N–H and O–H groups in total. The summed E-state index contributed by atoms with van der Waals surface area (Å²) in [5.74, 6) is -0.880. The lowest BCUT2D eigenvalue weighted by atomic mass is 9.72. The lowest BCUT2D eigenvalue weighted by Gasteiger charge is -2.35. The molecule has 2 aliphatic rings. The summed E-state index contributed by atoms with van der Waals surface area (Å²) < 4.78 is 65.6. The molecule has 0 unspecified atom stereocenters. The Balaban J connectivity index is 1.74. The number of rotatable bonds is 6. The molecule has 1 saturated heterocycles. The van der Waals surface area contributed by atoms with Gasteiger partial charge >= 0.3 is 18.0 Å². The molecule has 2 aromatic rings. The zero-order valence-electron chi connectivity index (χ0n) is 22.3. The van der Waals surface area contributed by atoms with E-state index < -0.39 is 46.4 Å². The molecule has 1 aliphatic heterocycles. The van der Waals surface area contributed by atoms with Crippen molar-refractivity contribution in [1.82, 2.24) is 4.90 Å². The smallest absolute Gasteiger partial charge is 0.416 e. The van der Waals surface area contributed by atoms with Crippen LogP contribution in [-0.2, 0) is 10.9 Å². The molecule has 210 valence electrons. The van der Waals surface area contributed by atoms with Crippen molar-refractivity contribution in [3.05, 3.63) is 74.1 Å². The van der Waals surface area contributed by atoms with E-state index in [9.17, 15) is 32.5 Å². The quantitative estimate of drug-likeness (QED) is 0.210. The number of nitro groups is 1. The molecule has 11 heteroatoms. The van der Waals surface area contributed by atoms with E-state index in [1.807, 2.05) is 0 Å². The lowest BCUT2D eigenvalue weighted by molar-refractivity contribution is -0.387. The van der Waals surface area contributed by atoms with Crippen LogP contribution in [-0.4, -0.2) is 35.6 Å². The molecule has 0 bridgehead atoms. The third-order valence-corrected chi connectivity index (χ3v) is 7.47. The molecule has 7 nitrogen and oxygen atoms in total. The van der Waals surface area contributed by atoms with Crippen LogP contribution in [0.15, 0.2) is 35.9 Å². The number of amides is 1. The van der Waals surface area contributed by atoms with Crippen LogP contribution in [0.5, 0.6) is 5.75 Å². The highest BCUT2D eigenvalue weighted by molar-refractivity contribution is 5.78. The molecular weight excluding hydrogens is 520 g/mol. The third-order valence-electron chi connectivity index (χ3n) is 7.47. The Kier molecular flexibility index (Phi) is 7.39. The number of hydrogen-bond acceptors (Lipinski definition) is 5. The number of alkyl halides is 3. The van der Waals surface area contributed by atoms with Gasteiger partial charge in [-0.15, -0.1) is 0 Å². The van der Waals surface area contributed by atoms with Gasteiger partial charge in [-0.05, 0) is 67.4 Å². The molecule has 1 heterocycles. The minimum Gasteiger partial charge on any atom is -0.496 e. The molecule has 0 spiro atoms. The second-order valence-corrected chi connectivity index (χ2v) is 11.0. The van der Waals surface area contributed by atoms with Crippen LogP contribution in [0.3, 0.4) is 0 Å². The molecule has 0 aromatic heterocycles. The Morgan fingerprint density at radius 2 is 1.90 bits per heavy atom. The Labute approximate surface area is 223 Å². The first-order chi connectivity index (χ1) is 18.1. The highest BCUT2D eigenvalue weighted by Gasteiger charge is 2.42. The number of ether oxygens (including phenoxy) is 2. The molecule has 2 atom stereocenters. The van der Waals surface area contributed by atoms with Crippen molar-refractivity contribution in [3.63, 3.8) is 0 Å². The fourth-order valence-electron chi connectivity index (χ4n) is 5.48. The number of hydrogen-bond donors (Lipinski definition) is 0. The number of nitrogens with zero attached hydrogens (tertiary/aromatic N) is 2. The highest BCUT2D eigenvalue weighted by atomic mass is 19.4. The minimum absolute atomic E-state index is 0.0987. The molecule has 39 heavy (non-hydrogen) atoms. The predicted octanol–water partition coefficient (Wildman–Crippen LogP) is 7.62. The second-order valence-electron chi connectivity index (χ2n) is 11.0. The van der Waals surface area contributed by atoms with Gasteiger partial charge in [0.05, 0.1) is 23.6 Å². The average Bonchev–Trinajstić information content (AvgIpc) is 3.11. The maximum absolute atomic E-state index is 14.3. The van der Waals surface area contributed by atoms with Gasteiger partial charge in [0.15, 0.2) is 0 Å². The van der Waals surface area contributed by atoms with Gasteiger partial charge in [-0.3, -0.25) is 15.0 Å². The van der Waals surface area contributed by atoms with Gasteiger partial charge in [-0.2, -0.15) is 17.6 Å². The van der Waals surface area contributed by atoms with E-state index in [0.717, 1.165) is 36.3 Å². The number of cyclic esters (lactones) is 1. The molecule has 4 rings (SSSR count). The van der Waals surface area contributed by atoms with Gasteiger partial charge in [-0.1, -0.05) is 25.5 Å². The van der Waals surface area contributed by atoms with Crippen LogP contribution in [0, 0.1) is 28.3 Å². The Bertz CT molecular complexity index is 1350. The van der Waals surface area contributed by atoms with E-state index in [-0.39, 0.29) is 23.3 Å². The summed E-state index contributed by atoms with van der Waals surface area (Å²) >= 11 is 0. The monoisotopic (exact) mass is 550 g/mol. The molecule has 1 aliphatic carbocycles. The van der Waals surface area contributed by atoms with E-state index in [4.69, 9.17) is 9.47 Å². The zero-order chi connectivity index (χ0) is 28.9. The number of benzene rings is 2. The number of nitro benzene ring substituents is 1. The van der Waals surface area contributed by atoms with Crippen LogP contribution in [0.4, 0.5) is 28.0 Å². The summed E-state index contributed by atoms with van der Waals surface area (Å²) in [5, 5.41) is 11.5. The average molecular weight is 551 g/mol. The molecule has 0 radical (unpaired) electrons. The number of aryl methyl sites for hydroxylation is 1. The fraction of sp³-hybridized carbons (Fsp3) is 0.464. The number of methoxy groups -OCH3 is 1. The van der Waals surface area contributed by atoms with Gasteiger partial charge in [0, 0.05) is 24.2 Å². The number of carbonyl (C=O) groups excluding carboxylic acids is 1. The van der Waals surface area contributed by atoms with Crippen LogP contribution in [0.2, 0.25) is 0 Å².